The largest absolute Gasteiger partial charge is 0.339 e. The molecule has 4 rings (SSSR count). The van der Waals surface area contributed by atoms with Crippen LogP contribution in [0.2, 0.25) is 0 Å². The van der Waals surface area contributed by atoms with Crippen molar-refractivity contribution >= 4 is 33.2 Å². The van der Waals surface area contributed by atoms with Crippen molar-refractivity contribution in [1.82, 2.24) is 15.0 Å². The fourth-order valence-electron chi connectivity index (χ4n) is 2.51. The van der Waals surface area contributed by atoms with Gasteiger partial charge in [-0.05, 0) is 29.6 Å². The number of nitrogens with zero attached hydrogens (tertiary/aromatic N) is 3. The van der Waals surface area contributed by atoms with Crippen LogP contribution in [0.4, 0.5) is 0 Å². The first-order valence-corrected chi connectivity index (χ1v) is 8.85. The molecular weight excluding hydrogens is 378 g/mol. The SMILES string of the molecule is O=C(c1cccc(Br)c1)N1CC(c2nc(-c3ccsc3)no2)C1. The minimum Gasteiger partial charge on any atom is -0.339 e. The average Bonchev–Trinajstić information content (AvgIpc) is 3.16. The Morgan fingerprint density at radius 2 is 2.22 bits per heavy atom. The van der Waals surface area contributed by atoms with Crippen LogP contribution in [0.15, 0.2) is 50.1 Å². The van der Waals surface area contributed by atoms with Crippen molar-refractivity contribution in [2.24, 2.45) is 0 Å². The van der Waals surface area contributed by atoms with Gasteiger partial charge >= 0.3 is 0 Å². The van der Waals surface area contributed by atoms with E-state index in [2.05, 4.69) is 26.1 Å². The third kappa shape index (κ3) is 2.82. The molecule has 3 aromatic rings. The maximum absolute atomic E-state index is 12.4. The Morgan fingerprint density at radius 3 is 2.96 bits per heavy atom. The third-order valence-electron chi connectivity index (χ3n) is 3.81. The molecular formula is C16H12BrN3O2S. The van der Waals surface area contributed by atoms with Gasteiger partial charge in [0.2, 0.25) is 11.7 Å². The van der Waals surface area contributed by atoms with Gasteiger partial charge < -0.3 is 9.42 Å². The quantitative estimate of drug-likeness (QED) is 0.683. The molecule has 0 radical (unpaired) electrons. The van der Waals surface area contributed by atoms with Crippen molar-refractivity contribution in [3.05, 3.63) is 57.0 Å². The van der Waals surface area contributed by atoms with Crippen LogP contribution in [-0.2, 0) is 0 Å². The van der Waals surface area contributed by atoms with Gasteiger partial charge in [0.05, 0.1) is 5.92 Å². The highest BCUT2D eigenvalue weighted by molar-refractivity contribution is 9.10. The standard InChI is InChI=1S/C16H12BrN3O2S/c17-13-3-1-2-10(6-13)16(21)20-7-12(8-20)15-18-14(19-22-15)11-4-5-23-9-11/h1-6,9,12H,7-8H2. The molecule has 1 saturated heterocycles. The number of likely N-dealkylation sites (tertiary alicyclic amines) is 1. The van der Waals surface area contributed by atoms with E-state index in [1.807, 2.05) is 41.1 Å². The van der Waals surface area contributed by atoms with Crippen molar-refractivity contribution in [3.63, 3.8) is 0 Å². The number of carbonyl (C=O) groups is 1. The zero-order valence-corrected chi connectivity index (χ0v) is 14.4. The molecule has 7 heteroatoms. The molecule has 0 bridgehead atoms. The van der Waals surface area contributed by atoms with Crippen molar-refractivity contribution in [2.45, 2.75) is 5.92 Å². The number of hydrogen-bond donors (Lipinski definition) is 0. The predicted octanol–water partition coefficient (Wildman–Crippen LogP) is 3.80. The molecule has 116 valence electrons. The topological polar surface area (TPSA) is 59.2 Å². The summed E-state index contributed by atoms with van der Waals surface area (Å²) in [5, 5.41) is 7.98. The number of thiophene rings is 1. The molecule has 23 heavy (non-hydrogen) atoms. The molecule has 0 atom stereocenters. The lowest BCUT2D eigenvalue weighted by Crippen LogP contribution is -2.48. The molecule has 1 aromatic carbocycles. The Kier molecular flexibility index (Phi) is 3.74. The van der Waals surface area contributed by atoms with Crippen LogP contribution in [0, 0.1) is 0 Å². The molecule has 1 amide bonds. The Balaban J connectivity index is 1.43. The summed E-state index contributed by atoms with van der Waals surface area (Å²) in [6.45, 7) is 1.22. The second-order valence-corrected chi connectivity index (χ2v) is 7.08. The molecule has 3 heterocycles. The Morgan fingerprint density at radius 1 is 1.35 bits per heavy atom. The van der Waals surface area contributed by atoms with Crippen LogP contribution in [0.3, 0.4) is 0 Å². The van der Waals surface area contributed by atoms with Gasteiger partial charge in [-0.1, -0.05) is 27.2 Å². The van der Waals surface area contributed by atoms with E-state index in [-0.39, 0.29) is 11.8 Å². The minimum absolute atomic E-state index is 0.0279. The van der Waals surface area contributed by atoms with E-state index in [0.29, 0.717) is 30.4 Å². The average molecular weight is 390 g/mol. The van der Waals surface area contributed by atoms with E-state index in [1.165, 1.54) is 0 Å². The number of halogens is 1. The van der Waals surface area contributed by atoms with Gasteiger partial charge in [-0.15, -0.1) is 0 Å². The van der Waals surface area contributed by atoms with Crippen molar-refractivity contribution in [1.29, 1.82) is 0 Å². The van der Waals surface area contributed by atoms with Gasteiger partial charge in [-0.3, -0.25) is 4.79 Å². The summed E-state index contributed by atoms with van der Waals surface area (Å²) in [5.74, 6) is 1.36. The Bertz CT molecular complexity index is 841. The first-order chi connectivity index (χ1) is 11.2. The molecule has 5 nitrogen and oxygen atoms in total. The molecule has 0 unspecified atom stereocenters. The molecule has 0 saturated carbocycles. The number of benzene rings is 1. The van der Waals surface area contributed by atoms with E-state index in [1.54, 1.807) is 16.2 Å². The number of hydrogen-bond acceptors (Lipinski definition) is 5. The summed E-state index contributed by atoms with van der Waals surface area (Å²) < 4.78 is 6.24. The molecule has 0 N–H and O–H groups in total. The van der Waals surface area contributed by atoms with Gasteiger partial charge in [0, 0.05) is 34.1 Å². The van der Waals surface area contributed by atoms with E-state index in [0.717, 1.165) is 10.0 Å². The van der Waals surface area contributed by atoms with Crippen LogP contribution in [0.1, 0.15) is 22.2 Å². The zero-order valence-electron chi connectivity index (χ0n) is 12.0. The Labute approximate surface area is 145 Å². The van der Waals surface area contributed by atoms with Crippen molar-refractivity contribution in [3.8, 4) is 11.4 Å². The summed E-state index contributed by atoms with van der Waals surface area (Å²) in [4.78, 5) is 18.6. The van der Waals surface area contributed by atoms with Crippen molar-refractivity contribution in [2.75, 3.05) is 13.1 Å². The molecule has 1 aliphatic rings. The number of carbonyl (C=O) groups excluding carboxylic acids is 1. The summed E-state index contributed by atoms with van der Waals surface area (Å²) in [5.41, 5.74) is 1.65. The zero-order chi connectivity index (χ0) is 15.8. The first-order valence-electron chi connectivity index (χ1n) is 7.12. The second kappa shape index (κ2) is 5.90. The highest BCUT2D eigenvalue weighted by Gasteiger charge is 2.36. The van der Waals surface area contributed by atoms with Crippen LogP contribution in [-0.4, -0.2) is 34.0 Å². The minimum atomic E-state index is 0.0279. The normalized spacial score (nSPS) is 14.7. The maximum Gasteiger partial charge on any atom is 0.253 e. The summed E-state index contributed by atoms with van der Waals surface area (Å²) in [6, 6.07) is 9.38. The van der Waals surface area contributed by atoms with E-state index in [4.69, 9.17) is 4.52 Å². The van der Waals surface area contributed by atoms with Crippen LogP contribution in [0.25, 0.3) is 11.4 Å². The number of aromatic nitrogens is 2. The molecule has 1 fully saturated rings. The summed E-state index contributed by atoms with van der Waals surface area (Å²) in [6.07, 6.45) is 0. The summed E-state index contributed by atoms with van der Waals surface area (Å²) in [7, 11) is 0. The van der Waals surface area contributed by atoms with Crippen LogP contribution >= 0.6 is 27.3 Å². The smallest absolute Gasteiger partial charge is 0.253 e. The lowest BCUT2D eigenvalue weighted by Gasteiger charge is -2.37. The first kappa shape index (κ1) is 14.6. The fourth-order valence-corrected chi connectivity index (χ4v) is 3.55. The lowest BCUT2D eigenvalue weighted by molar-refractivity contribution is 0.0569. The lowest BCUT2D eigenvalue weighted by atomic mass is 9.99. The van der Waals surface area contributed by atoms with Gasteiger partial charge in [0.25, 0.3) is 5.91 Å². The molecule has 2 aromatic heterocycles. The maximum atomic E-state index is 12.4. The number of amides is 1. The predicted molar refractivity (Wildman–Crippen MR) is 90.4 cm³/mol. The summed E-state index contributed by atoms with van der Waals surface area (Å²) >= 11 is 4.98. The fraction of sp³-hybridized carbons (Fsp3) is 0.188. The monoisotopic (exact) mass is 389 g/mol. The van der Waals surface area contributed by atoms with E-state index < -0.39 is 0 Å². The Hall–Kier alpha value is -1.99. The van der Waals surface area contributed by atoms with E-state index in [9.17, 15) is 4.79 Å². The van der Waals surface area contributed by atoms with Gasteiger partial charge in [-0.2, -0.15) is 16.3 Å². The van der Waals surface area contributed by atoms with Crippen LogP contribution < -0.4 is 0 Å². The second-order valence-electron chi connectivity index (χ2n) is 5.39. The van der Waals surface area contributed by atoms with Gasteiger partial charge in [-0.25, -0.2) is 0 Å². The third-order valence-corrected chi connectivity index (χ3v) is 4.99. The highest BCUT2D eigenvalue weighted by Crippen LogP contribution is 2.29. The molecule has 1 aliphatic heterocycles. The molecule has 0 spiro atoms. The highest BCUT2D eigenvalue weighted by atomic mass is 79.9. The van der Waals surface area contributed by atoms with E-state index >= 15 is 0 Å². The van der Waals surface area contributed by atoms with Gasteiger partial charge in [0.15, 0.2) is 0 Å². The molecule has 0 aliphatic carbocycles. The van der Waals surface area contributed by atoms with Crippen LogP contribution in [0.5, 0.6) is 0 Å². The number of rotatable bonds is 3. The van der Waals surface area contributed by atoms with Crippen molar-refractivity contribution < 1.29 is 9.32 Å². The van der Waals surface area contributed by atoms with Gasteiger partial charge in [0.1, 0.15) is 0 Å².